The maximum Gasteiger partial charge on any atom is 0.303 e. The van der Waals surface area contributed by atoms with Crippen molar-refractivity contribution in [3.63, 3.8) is 0 Å². The van der Waals surface area contributed by atoms with E-state index in [0.29, 0.717) is 18.4 Å². The molecule has 38 nitrogen and oxygen atoms in total. The number of amides is 15. The van der Waals surface area contributed by atoms with Gasteiger partial charge in [-0.05, 0) is 139 Å². The van der Waals surface area contributed by atoms with Crippen LogP contribution in [0.15, 0.2) is 29.3 Å². The molecule has 0 saturated carbocycles. The summed E-state index contributed by atoms with van der Waals surface area (Å²) in [5.74, 6) is -14.5. The number of unbranched alkanes of at least 4 members (excludes halogenated alkanes) is 1. The Morgan fingerprint density at radius 2 is 0.649 bits per heavy atom. The number of carboxylic acid groups (broad SMARTS) is 1. The Labute approximate surface area is 560 Å². The average Bonchev–Trinajstić information content (AvgIpc) is 0.899. The molecule has 0 aliphatic carbocycles. The van der Waals surface area contributed by atoms with Gasteiger partial charge >= 0.3 is 5.97 Å². The smallest absolute Gasteiger partial charge is 0.303 e. The summed E-state index contributed by atoms with van der Waals surface area (Å²) in [5, 5.41) is 52.9. The lowest BCUT2D eigenvalue weighted by molar-refractivity contribution is -0.138. The number of hydrogen-bond donors (Lipinski definition) is 21. The molecule has 0 saturated heterocycles. The van der Waals surface area contributed by atoms with Gasteiger partial charge in [-0.3, -0.25) is 81.7 Å². The molecule has 0 unspecified atom stereocenters. The number of aliphatic carboxylic acids is 1. The lowest BCUT2D eigenvalue weighted by Crippen LogP contribution is -2.59. The van der Waals surface area contributed by atoms with E-state index in [9.17, 15) is 86.9 Å². The van der Waals surface area contributed by atoms with Crippen LogP contribution in [-0.2, 0) is 83.1 Å². The van der Waals surface area contributed by atoms with Crippen LogP contribution in [0, 0.1) is 0 Å². The Bertz CT molecular complexity index is 2980. The second-order valence-electron chi connectivity index (χ2n) is 23.3. The standard InChI is InChI=1S/C59H98N20O18/c1-26(61)45(84)66-27(2)46(85)67-29(4)48(87)72-35(10)54(93)78-41(21-22-43(81)82)57(96)75-33(8)52(91)70-31(6)49(88)71-34(9)53(92)77-40(15-12-13-23-60)56(95)74-32(7)51(90)69-28(3)47(86)68-30(5)50(89)73-36(11)55(94)79-42(25-37-17-19-38(80)20-18-37)58(97)76-39(44(62)83)16-14-24-65-59(63)64/h17-20,26-36,39-42,80H,12-16,21-25,60-61H2,1-11H3,(H2,62,83)(H,66,84)(H,67,85)(H,68,86)(H,69,90)(H,70,91)(H,71,88)(H,72,87)(H,73,89)(H,74,95)(H,75,96)(H,76,97)(H,77,92)(H,78,93)(H,79,94)(H,81,82)(H4,63,64,65)/t26-,27-,28-,29-,30-,31-,32-,33-,34-,35-,36-,39-,40-,41-,42-/m0/s1. The topological polar surface area (TPSA) is 624 Å². The largest absolute Gasteiger partial charge is 0.508 e. The molecule has 0 aromatic heterocycles. The van der Waals surface area contributed by atoms with Crippen molar-refractivity contribution in [2.45, 2.75) is 218 Å². The van der Waals surface area contributed by atoms with Crippen molar-refractivity contribution >= 4 is 101 Å². The van der Waals surface area contributed by atoms with Gasteiger partial charge in [0.2, 0.25) is 88.6 Å². The van der Waals surface area contributed by atoms with Gasteiger partial charge in [0.1, 0.15) is 90.3 Å². The van der Waals surface area contributed by atoms with Crippen LogP contribution < -0.4 is 103 Å². The van der Waals surface area contributed by atoms with Gasteiger partial charge < -0.3 is 113 Å². The minimum Gasteiger partial charge on any atom is -0.508 e. The second kappa shape index (κ2) is 42.2. The molecule has 15 amide bonds. The van der Waals surface area contributed by atoms with E-state index in [-0.39, 0.29) is 50.5 Å². The molecular weight excluding hydrogens is 1280 g/mol. The molecule has 0 heterocycles. The number of rotatable bonds is 42. The summed E-state index contributed by atoms with van der Waals surface area (Å²) < 4.78 is 0. The maximum absolute atomic E-state index is 13.6. The molecule has 26 N–H and O–H groups in total. The second-order valence-corrected chi connectivity index (χ2v) is 23.3. The van der Waals surface area contributed by atoms with Crippen molar-refractivity contribution in [2.24, 2.45) is 33.7 Å². The van der Waals surface area contributed by atoms with Crippen molar-refractivity contribution < 1.29 is 86.9 Å². The molecule has 1 aromatic carbocycles. The van der Waals surface area contributed by atoms with Crippen molar-refractivity contribution in [3.8, 4) is 5.75 Å². The quantitative estimate of drug-likeness (QED) is 0.0164. The number of phenols is 1. The zero-order chi connectivity index (χ0) is 74.1. The molecule has 38 heteroatoms. The molecule has 0 bridgehead atoms. The fourth-order valence-corrected chi connectivity index (χ4v) is 8.32. The fraction of sp³-hybridized carbons (Fsp3) is 0.610. The van der Waals surface area contributed by atoms with Gasteiger partial charge in [0.25, 0.3) is 0 Å². The van der Waals surface area contributed by atoms with E-state index in [1.807, 2.05) is 0 Å². The number of primary amides is 1. The Morgan fingerprint density at radius 3 is 0.959 bits per heavy atom. The molecule has 542 valence electrons. The van der Waals surface area contributed by atoms with Crippen LogP contribution in [0.5, 0.6) is 5.75 Å². The Kier molecular flexibility index (Phi) is 36.9. The first kappa shape index (κ1) is 84.7. The molecule has 0 aliphatic rings. The van der Waals surface area contributed by atoms with E-state index in [1.54, 1.807) is 0 Å². The number of phenolic OH excluding ortho intramolecular Hbond substituents is 1. The molecular formula is C59H98N20O18. The van der Waals surface area contributed by atoms with Crippen LogP contribution in [0.4, 0.5) is 0 Å². The summed E-state index contributed by atoms with van der Waals surface area (Å²) in [6.07, 6.45) is -0.195. The van der Waals surface area contributed by atoms with Gasteiger partial charge in [0.15, 0.2) is 5.96 Å². The number of hydrogen-bond acceptors (Lipinski definition) is 20. The number of guanidine groups is 1. The first-order valence-corrected chi connectivity index (χ1v) is 31.2. The molecule has 97 heavy (non-hydrogen) atoms. The number of nitrogens with zero attached hydrogens (tertiary/aromatic N) is 1. The van der Waals surface area contributed by atoms with Crippen molar-refractivity contribution in [1.82, 2.24) is 74.4 Å². The summed E-state index contributed by atoms with van der Waals surface area (Å²) in [5.41, 5.74) is 27.9. The molecule has 0 aliphatic heterocycles. The maximum atomic E-state index is 13.6. The molecule has 1 rings (SSSR count). The number of aromatic hydroxyl groups is 1. The normalized spacial score (nSPS) is 15.5. The summed E-state index contributed by atoms with van der Waals surface area (Å²) >= 11 is 0. The molecule has 15 atom stereocenters. The summed E-state index contributed by atoms with van der Waals surface area (Å²) in [6, 6.07) is -13.7. The highest BCUT2D eigenvalue weighted by molar-refractivity contribution is 6.00. The third-order valence-corrected chi connectivity index (χ3v) is 14.4. The minimum atomic E-state index is -1.57. The highest BCUT2D eigenvalue weighted by atomic mass is 16.4. The SMILES string of the molecule is C[C@H](N)C(=O)N[C@@H](C)C(=O)N[C@@H](C)C(=O)N[C@@H](C)C(=O)N[C@@H](CCC(=O)O)C(=O)N[C@@H](C)C(=O)N[C@@H](C)C(=O)N[C@@H](C)C(=O)N[C@@H](CCCCN)C(=O)N[C@@H](C)C(=O)N[C@@H](C)C(=O)N[C@@H](C)C(=O)N[C@@H](C)C(=O)N[C@@H](Cc1ccc(O)cc1)C(=O)N[C@@H](CCCN=C(N)N)C(N)=O. The number of aliphatic imine (C=N–C) groups is 1. The molecule has 0 radical (unpaired) electrons. The van der Waals surface area contributed by atoms with Crippen LogP contribution >= 0.6 is 0 Å². The highest BCUT2D eigenvalue weighted by Crippen LogP contribution is 2.13. The number of nitrogens with one attached hydrogen (secondary N) is 14. The third-order valence-electron chi connectivity index (χ3n) is 14.4. The molecule has 1 aromatic rings. The van der Waals surface area contributed by atoms with Gasteiger partial charge in [0, 0.05) is 19.4 Å². The minimum absolute atomic E-state index is 0.00551. The van der Waals surface area contributed by atoms with Gasteiger partial charge in [-0.1, -0.05) is 12.1 Å². The van der Waals surface area contributed by atoms with E-state index in [2.05, 4.69) is 79.4 Å². The van der Waals surface area contributed by atoms with Gasteiger partial charge in [0.05, 0.1) is 6.04 Å². The van der Waals surface area contributed by atoms with E-state index in [1.165, 1.54) is 100 Å². The van der Waals surface area contributed by atoms with Crippen LogP contribution in [0.25, 0.3) is 0 Å². The van der Waals surface area contributed by atoms with Gasteiger partial charge in [-0.15, -0.1) is 0 Å². The summed E-state index contributed by atoms with van der Waals surface area (Å²) in [4.78, 5) is 212. The van der Waals surface area contributed by atoms with E-state index in [0.717, 1.165) is 0 Å². The predicted octanol–water partition coefficient (Wildman–Crippen LogP) is -8.20. The predicted molar refractivity (Wildman–Crippen MR) is 348 cm³/mol. The van der Waals surface area contributed by atoms with E-state index < -0.39 is 198 Å². The first-order chi connectivity index (χ1) is 45.2. The molecule has 0 spiro atoms. The lowest BCUT2D eigenvalue weighted by atomic mass is 10.0. The van der Waals surface area contributed by atoms with Crippen LogP contribution in [0.2, 0.25) is 0 Å². The van der Waals surface area contributed by atoms with Crippen LogP contribution in [-0.4, -0.2) is 214 Å². The van der Waals surface area contributed by atoms with E-state index >= 15 is 0 Å². The number of carboxylic acids is 1. The third kappa shape index (κ3) is 32.1. The number of carbonyl (C=O) groups excluding carboxylic acids is 15. The van der Waals surface area contributed by atoms with Crippen molar-refractivity contribution in [3.05, 3.63) is 29.8 Å². The van der Waals surface area contributed by atoms with E-state index in [4.69, 9.17) is 28.7 Å². The van der Waals surface area contributed by atoms with Crippen LogP contribution in [0.1, 0.15) is 127 Å². The van der Waals surface area contributed by atoms with Crippen molar-refractivity contribution in [2.75, 3.05) is 13.1 Å². The fourth-order valence-electron chi connectivity index (χ4n) is 8.32. The highest BCUT2D eigenvalue weighted by Gasteiger charge is 2.34. The van der Waals surface area contributed by atoms with Gasteiger partial charge in [-0.2, -0.15) is 0 Å². The number of carbonyl (C=O) groups is 16. The Hall–Kier alpha value is -10.3. The zero-order valence-electron chi connectivity index (χ0n) is 56.3. The first-order valence-electron chi connectivity index (χ1n) is 31.2. The number of nitrogens with two attached hydrogens (primary N) is 5. The van der Waals surface area contributed by atoms with Crippen molar-refractivity contribution in [1.29, 1.82) is 0 Å². The lowest BCUT2D eigenvalue weighted by Gasteiger charge is -2.25. The Morgan fingerprint density at radius 1 is 0.371 bits per heavy atom. The summed E-state index contributed by atoms with van der Waals surface area (Å²) in [7, 11) is 0. The molecule has 0 fully saturated rings. The monoisotopic (exact) mass is 1370 g/mol. The number of benzene rings is 1. The van der Waals surface area contributed by atoms with Gasteiger partial charge in [-0.25, -0.2) is 0 Å². The summed E-state index contributed by atoms with van der Waals surface area (Å²) in [6.45, 7) is 14.5. The average molecular weight is 1380 g/mol. The zero-order valence-corrected chi connectivity index (χ0v) is 56.3. The Balaban J connectivity index is 2.93. The van der Waals surface area contributed by atoms with Crippen LogP contribution in [0.3, 0.4) is 0 Å².